The lowest BCUT2D eigenvalue weighted by molar-refractivity contribution is 0.0770. The zero-order chi connectivity index (χ0) is 17.8. The number of carbonyl (C=O) groups excluding carboxylic acids is 1. The number of amides is 1. The number of rotatable bonds is 4. The van der Waals surface area contributed by atoms with Gasteiger partial charge >= 0.3 is 0 Å². The Kier molecular flexibility index (Phi) is 6.01. The molecule has 2 heterocycles. The lowest BCUT2D eigenvalue weighted by Crippen LogP contribution is -2.33. The van der Waals surface area contributed by atoms with E-state index in [1.54, 1.807) is 16.7 Å². The number of hydrogen-bond donors (Lipinski definition) is 0. The third-order valence-corrected chi connectivity index (χ3v) is 6.24. The number of hydrogen-bond acceptors (Lipinski definition) is 5. The van der Waals surface area contributed by atoms with E-state index in [4.69, 9.17) is 0 Å². The van der Waals surface area contributed by atoms with Gasteiger partial charge in [-0.3, -0.25) is 4.79 Å². The highest BCUT2D eigenvalue weighted by atomic mass is 32.2. The van der Waals surface area contributed by atoms with E-state index < -0.39 is 11.6 Å². The number of benzene rings is 1. The summed E-state index contributed by atoms with van der Waals surface area (Å²) in [6.07, 6.45) is 2.23. The third kappa shape index (κ3) is 4.17. The van der Waals surface area contributed by atoms with E-state index in [1.165, 1.54) is 12.1 Å². The van der Waals surface area contributed by atoms with E-state index in [0.29, 0.717) is 35.7 Å². The zero-order valence-corrected chi connectivity index (χ0v) is 15.5. The van der Waals surface area contributed by atoms with Crippen molar-refractivity contribution in [3.63, 3.8) is 0 Å². The number of halogens is 2. The molecule has 0 spiro atoms. The Morgan fingerprint density at radius 2 is 2.20 bits per heavy atom. The van der Waals surface area contributed by atoms with Gasteiger partial charge in [-0.1, -0.05) is 17.8 Å². The van der Waals surface area contributed by atoms with Gasteiger partial charge in [0.15, 0.2) is 0 Å². The maximum absolute atomic E-state index is 14.0. The van der Waals surface area contributed by atoms with Crippen LogP contribution in [-0.2, 0) is 6.42 Å². The van der Waals surface area contributed by atoms with Gasteiger partial charge in [-0.05, 0) is 42.6 Å². The highest BCUT2D eigenvalue weighted by Gasteiger charge is 2.27. The predicted molar refractivity (Wildman–Crippen MR) is 96.0 cm³/mol. The van der Waals surface area contributed by atoms with E-state index in [1.807, 2.05) is 6.92 Å². The number of aromatic nitrogens is 2. The molecule has 0 bridgehead atoms. The van der Waals surface area contributed by atoms with E-state index >= 15 is 0 Å². The Morgan fingerprint density at radius 1 is 1.36 bits per heavy atom. The first-order valence-electron chi connectivity index (χ1n) is 8.27. The summed E-state index contributed by atoms with van der Waals surface area (Å²) in [5, 5.41) is 3.90. The average Bonchev–Trinajstić information content (AvgIpc) is 2.92. The third-order valence-electron chi connectivity index (χ3n) is 4.17. The second kappa shape index (κ2) is 8.23. The highest BCUT2D eigenvalue weighted by Crippen LogP contribution is 2.36. The van der Waals surface area contributed by atoms with E-state index in [9.17, 15) is 13.6 Å². The lowest BCUT2D eigenvalue weighted by Gasteiger charge is -2.20. The molecule has 1 unspecified atom stereocenters. The molecule has 1 aliphatic heterocycles. The fourth-order valence-electron chi connectivity index (χ4n) is 2.90. The van der Waals surface area contributed by atoms with Crippen molar-refractivity contribution in [1.82, 2.24) is 14.5 Å². The Hall–Kier alpha value is -1.54. The smallest absolute Gasteiger partial charge is 0.267 e. The first kappa shape index (κ1) is 18.3. The molecule has 2 aromatic rings. The topological polar surface area (TPSA) is 46.1 Å². The molecule has 4 nitrogen and oxygen atoms in total. The first-order chi connectivity index (χ1) is 12.1. The van der Waals surface area contributed by atoms with Crippen molar-refractivity contribution < 1.29 is 13.6 Å². The van der Waals surface area contributed by atoms with Gasteiger partial charge in [-0.15, -0.1) is 5.10 Å². The molecule has 0 N–H and O–H groups in total. The van der Waals surface area contributed by atoms with Gasteiger partial charge in [0.1, 0.15) is 16.5 Å². The van der Waals surface area contributed by atoms with Gasteiger partial charge < -0.3 is 4.90 Å². The molecule has 1 saturated heterocycles. The number of thioether (sulfide) groups is 1. The van der Waals surface area contributed by atoms with Crippen LogP contribution in [0.15, 0.2) is 18.2 Å². The summed E-state index contributed by atoms with van der Waals surface area (Å²) < 4.78 is 31.4. The summed E-state index contributed by atoms with van der Waals surface area (Å²) in [6.45, 7) is 3.13. The minimum Gasteiger partial charge on any atom is -0.337 e. The van der Waals surface area contributed by atoms with Gasteiger partial charge in [0.05, 0.1) is 5.69 Å². The van der Waals surface area contributed by atoms with Crippen molar-refractivity contribution >= 4 is 29.2 Å². The van der Waals surface area contributed by atoms with Crippen molar-refractivity contribution in [2.45, 2.75) is 31.4 Å². The fourth-order valence-corrected chi connectivity index (χ4v) is 4.82. The quantitative estimate of drug-likeness (QED) is 0.798. The van der Waals surface area contributed by atoms with Crippen molar-refractivity contribution in [2.75, 3.05) is 18.8 Å². The van der Waals surface area contributed by atoms with Crippen LogP contribution in [0.4, 0.5) is 8.78 Å². The van der Waals surface area contributed by atoms with Crippen molar-refractivity contribution in [3.8, 4) is 0 Å². The fraction of sp³-hybridized carbons (Fsp3) is 0.471. The molecule has 0 aliphatic carbocycles. The van der Waals surface area contributed by atoms with Crippen LogP contribution in [0.2, 0.25) is 0 Å². The maximum Gasteiger partial charge on any atom is 0.267 e. The molecule has 1 aromatic carbocycles. The van der Waals surface area contributed by atoms with Crippen LogP contribution >= 0.6 is 23.3 Å². The molecule has 0 radical (unpaired) electrons. The van der Waals surface area contributed by atoms with Crippen LogP contribution < -0.4 is 0 Å². The monoisotopic (exact) mass is 383 g/mol. The molecule has 1 aromatic heterocycles. The average molecular weight is 383 g/mol. The summed E-state index contributed by atoms with van der Waals surface area (Å²) in [5.74, 6) is -0.203. The van der Waals surface area contributed by atoms with Crippen LogP contribution in [-0.4, -0.2) is 39.2 Å². The Labute approximate surface area is 153 Å². The van der Waals surface area contributed by atoms with Crippen LogP contribution in [0, 0.1) is 11.6 Å². The summed E-state index contributed by atoms with van der Waals surface area (Å²) in [7, 11) is 0. The summed E-state index contributed by atoms with van der Waals surface area (Å²) in [4.78, 5) is 15.2. The minimum atomic E-state index is -0.436. The number of nitrogens with zero attached hydrogens (tertiary/aromatic N) is 3. The van der Waals surface area contributed by atoms with E-state index in [0.717, 1.165) is 36.1 Å². The summed E-state index contributed by atoms with van der Waals surface area (Å²) in [6, 6.07) is 3.55. The maximum atomic E-state index is 14.0. The minimum absolute atomic E-state index is 0.0561. The lowest BCUT2D eigenvalue weighted by atomic mass is 10.1. The largest absolute Gasteiger partial charge is 0.337 e. The van der Waals surface area contributed by atoms with E-state index in [2.05, 4.69) is 9.59 Å². The molecular weight excluding hydrogens is 364 g/mol. The van der Waals surface area contributed by atoms with Crippen LogP contribution in [0.25, 0.3) is 0 Å². The number of aryl methyl sites for hydroxylation is 1. The Morgan fingerprint density at radius 3 is 3.00 bits per heavy atom. The van der Waals surface area contributed by atoms with Gasteiger partial charge in [0.25, 0.3) is 5.91 Å². The summed E-state index contributed by atoms with van der Waals surface area (Å²) >= 11 is 2.70. The molecule has 25 heavy (non-hydrogen) atoms. The highest BCUT2D eigenvalue weighted by molar-refractivity contribution is 7.99. The van der Waals surface area contributed by atoms with Gasteiger partial charge in [-0.2, -0.15) is 11.8 Å². The molecule has 3 rings (SSSR count). The molecule has 1 amide bonds. The van der Waals surface area contributed by atoms with Gasteiger partial charge in [-0.25, -0.2) is 8.78 Å². The van der Waals surface area contributed by atoms with Crippen LogP contribution in [0.5, 0.6) is 0 Å². The molecule has 1 aliphatic rings. The first-order valence-corrected chi connectivity index (χ1v) is 10.1. The Bertz CT molecular complexity index is 753. The van der Waals surface area contributed by atoms with E-state index in [-0.39, 0.29) is 11.2 Å². The predicted octanol–water partition coefficient (Wildman–Crippen LogP) is 4.09. The van der Waals surface area contributed by atoms with Gasteiger partial charge in [0.2, 0.25) is 0 Å². The molecular formula is C17H19F2N3OS2. The van der Waals surface area contributed by atoms with Crippen molar-refractivity contribution in [2.24, 2.45) is 0 Å². The number of carbonyl (C=O) groups is 1. The normalized spacial score (nSPS) is 18.2. The SMILES string of the molecule is CCCc1nnsc1C(=O)N1CCSC(c2cc(F)ccc2F)CC1. The van der Waals surface area contributed by atoms with Crippen LogP contribution in [0.3, 0.4) is 0 Å². The molecule has 1 fully saturated rings. The van der Waals surface area contributed by atoms with Gasteiger partial charge in [0, 0.05) is 29.7 Å². The molecule has 8 heteroatoms. The molecule has 134 valence electrons. The second-order valence-corrected chi connectivity index (χ2v) is 7.97. The zero-order valence-electron chi connectivity index (χ0n) is 13.9. The molecule has 1 atom stereocenters. The molecule has 0 saturated carbocycles. The second-order valence-electron chi connectivity index (χ2n) is 5.90. The standard InChI is InChI=1S/C17H19F2N3OS2/c1-2-3-14-16(25-21-20-14)17(23)22-7-6-15(24-9-8-22)12-10-11(18)4-5-13(12)19/h4-5,10,15H,2-3,6-9H2,1H3. The van der Waals surface area contributed by atoms with Crippen molar-refractivity contribution in [3.05, 3.63) is 46.0 Å². The van der Waals surface area contributed by atoms with Crippen molar-refractivity contribution in [1.29, 1.82) is 0 Å². The summed E-state index contributed by atoms with van der Waals surface area (Å²) in [5.41, 5.74) is 1.13. The van der Waals surface area contributed by atoms with Crippen LogP contribution in [0.1, 0.15) is 45.9 Å². The Balaban J connectivity index is 1.72.